The number of nitrogens with zero attached hydrogens (tertiary/aromatic N) is 2. The van der Waals surface area contributed by atoms with Gasteiger partial charge in [0.1, 0.15) is 0 Å². The molecule has 2 aromatic rings. The minimum absolute atomic E-state index is 0.0105. The molecule has 2 amide bonds. The van der Waals surface area contributed by atoms with E-state index in [1.807, 2.05) is 55.6 Å². The fourth-order valence-electron chi connectivity index (χ4n) is 5.76. The molecule has 2 saturated heterocycles. The molecule has 2 fully saturated rings. The second-order valence-electron chi connectivity index (χ2n) is 11.2. The fourth-order valence-corrected chi connectivity index (χ4v) is 5.76. The van der Waals surface area contributed by atoms with Crippen LogP contribution in [0.5, 0.6) is 0 Å². The summed E-state index contributed by atoms with van der Waals surface area (Å²) in [6, 6.07) is 19.9. The third-order valence-corrected chi connectivity index (χ3v) is 7.86. The van der Waals surface area contributed by atoms with Crippen molar-refractivity contribution in [2.45, 2.75) is 51.2 Å². The van der Waals surface area contributed by atoms with E-state index in [0.717, 1.165) is 24.0 Å². The number of ketones is 1. The Kier molecular flexibility index (Phi) is 8.14. The van der Waals surface area contributed by atoms with Crippen molar-refractivity contribution < 1.29 is 19.1 Å². The summed E-state index contributed by atoms with van der Waals surface area (Å²) in [6.07, 6.45) is 1.49. The van der Waals surface area contributed by atoms with Crippen LogP contribution in [0.1, 0.15) is 50.2 Å². The molecule has 2 aliphatic heterocycles. The zero-order valence-corrected chi connectivity index (χ0v) is 22.2. The minimum atomic E-state index is -1.04. The van der Waals surface area contributed by atoms with Gasteiger partial charge in [-0.3, -0.25) is 14.4 Å². The topological polar surface area (TPSA) is 92.9 Å². The molecular weight excluding hydrogens is 466 g/mol. The third-order valence-electron chi connectivity index (χ3n) is 7.86. The summed E-state index contributed by atoms with van der Waals surface area (Å²) in [5, 5.41) is 0. The number of ether oxygens (including phenoxy) is 1. The van der Waals surface area contributed by atoms with E-state index < -0.39 is 16.9 Å². The molecule has 7 heteroatoms. The lowest BCUT2D eigenvalue weighted by atomic mass is 9.69. The van der Waals surface area contributed by atoms with Gasteiger partial charge < -0.3 is 20.3 Å². The van der Waals surface area contributed by atoms with Gasteiger partial charge in [0.2, 0.25) is 11.8 Å². The Morgan fingerprint density at radius 2 is 1.76 bits per heavy atom. The van der Waals surface area contributed by atoms with Gasteiger partial charge in [-0.25, -0.2) is 0 Å². The molecule has 198 valence electrons. The number of carbonyl (C=O) groups is 3. The van der Waals surface area contributed by atoms with Crippen LogP contribution in [0.2, 0.25) is 0 Å². The summed E-state index contributed by atoms with van der Waals surface area (Å²) in [4.78, 5) is 43.9. The van der Waals surface area contributed by atoms with Crippen molar-refractivity contribution >= 4 is 17.6 Å². The van der Waals surface area contributed by atoms with Crippen LogP contribution in [0.25, 0.3) is 0 Å². The van der Waals surface area contributed by atoms with Crippen LogP contribution in [-0.2, 0) is 25.7 Å². The number of hydrogen-bond donors (Lipinski definition) is 1. The van der Waals surface area contributed by atoms with Gasteiger partial charge in [0.05, 0.1) is 30.1 Å². The monoisotopic (exact) mass is 505 g/mol. The highest BCUT2D eigenvalue weighted by atomic mass is 16.5. The summed E-state index contributed by atoms with van der Waals surface area (Å²) in [5.74, 6) is -0.869. The second-order valence-corrected chi connectivity index (χ2v) is 11.2. The van der Waals surface area contributed by atoms with Gasteiger partial charge in [0, 0.05) is 39.0 Å². The van der Waals surface area contributed by atoms with Crippen LogP contribution >= 0.6 is 0 Å². The number of Topliss-reactive ketones (excluding diaryl/α,β-unsaturated/α-hetero) is 1. The number of likely N-dealkylation sites (tertiary alicyclic amines) is 2. The zero-order valence-electron chi connectivity index (χ0n) is 22.2. The number of piperidine rings is 1. The van der Waals surface area contributed by atoms with Crippen LogP contribution < -0.4 is 5.73 Å². The van der Waals surface area contributed by atoms with Crippen molar-refractivity contribution in [1.82, 2.24) is 9.80 Å². The standard InChI is InChI=1S/C30H39N3O4/c1-29(2,31)26(34)17-24(20-37-19-22-11-6-4-7-12-22)27(35)33-16-10-15-30(21-33)25(18-32(3)28(30)36)23-13-8-5-9-14-23/h4-9,11-14,24-25H,10,15-21,31H2,1-3H3/t24-,25?,30?/m1/s1. The van der Waals surface area contributed by atoms with E-state index in [4.69, 9.17) is 10.5 Å². The highest BCUT2D eigenvalue weighted by Gasteiger charge is 2.55. The first-order chi connectivity index (χ1) is 17.6. The third kappa shape index (κ3) is 5.94. The molecule has 0 radical (unpaired) electrons. The van der Waals surface area contributed by atoms with E-state index in [2.05, 4.69) is 12.1 Å². The van der Waals surface area contributed by atoms with Gasteiger partial charge in [-0.15, -0.1) is 0 Å². The van der Waals surface area contributed by atoms with Gasteiger partial charge in [0.15, 0.2) is 5.78 Å². The van der Waals surface area contributed by atoms with Crippen LogP contribution in [0.4, 0.5) is 0 Å². The molecule has 37 heavy (non-hydrogen) atoms. The Balaban J connectivity index is 1.54. The highest BCUT2D eigenvalue weighted by Crippen LogP contribution is 2.49. The van der Waals surface area contributed by atoms with Crippen molar-refractivity contribution in [2.75, 3.05) is 33.3 Å². The summed E-state index contributed by atoms with van der Waals surface area (Å²) >= 11 is 0. The van der Waals surface area contributed by atoms with Gasteiger partial charge in [0.25, 0.3) is 0 Å². The fraction of sp³-hybridized carbons (Fsp3) is 0.500. The lowest BCUT2D eigenvalue weighted by Gasteiger charge is -2.43. The molecule has 2 aromatic carbocycles. The first-order valence-electron chi connectivity index (χ1n) is 13.1. The van der Waals surface area contributed by atoms with Gasteiger partial charge in [-0.1, -0.05) is 60.7 Å². The van der Waals surface area contributed by atoms with Gasteiger partial charge in [-0.2, -0.15) is 0 Å². The average Bonchev–Trinajstić information content (AvgIpc) is 3.13. The quantitative estimate of drug-likeness (QED) is 0.564. The molecule has 4 rings (SSSR count). The van der Waals surface area contributed by atoms with Crippen LogP contribution in [-0.4, -0.2) is 66.2 Å². The smallest absolute Gasteiger partial charge is 0.231 e. The summed E-state index contributed by atoms with van der Waals surface area (Å²) in [7, 11) is 1.84. The summed E-state index contributed by atoms with van der Waals surface area (Å²) < 4.78 is 5.94. The Hall–Kier alpha value is -3.03. The number of likely N-dealkylation sites (N-methyl/N-ethyl adjacent to an activating group) is 1. The molecule has 2 heterocycles. The van der Waals surface area contributed by atoms with Crippen LogP contribution in [0.15, 0.2) is 60.7 Å². The van der Waals surface area contributed by atoms with E-state index >= 15 is 0 Å². The molecule has 0 bridgehead atoms. The maximum absolute atomic E-state index is 13.9. The first-order valence-corrected chi connectivity index (χ1v) is 13.1. The second kappa shape index (κ2) is 11.2. The van der Waals surface area contributed by atoms with Gasteiger partial charge >= 0.3 is 0 Å². The molecule has 7 nitrogen and oxygen atoms in total. The number of hydrogen-bond acceptors (Lipinski definition) is 5. The Labute approximate surface area is 220 Å². The Bertz CT molecular complexity index is 1100. The molecule has 2 aliphatic rings. The molecule has 0 aliphatic carbocycles. The van der Waals surface area contributed by atoms with Crippen molar-refractivity contribution in [3.8, 4) is 0 Å². The molecule has 0 saturated carbocycles. The molecular formula is C30H39N3O4. The van der Waals surface area contributed by atoms with E-state index in [9.17, 15) is 14.4 Å². The summed E-state index contributed by atoms with van der Waals surface area (Å²) in [6.45, 7) is 5.35. The lowest BCUT2D eigenvalue weighted by molar-refractivity contribution is -0.148. The molecule has 2 N–H and O–H groups in total. The van der Waals surface area contributed by atoms with Crippen molar-refractivity contribution in [1.29, 1.82) is 0 Å². The number of rotatable bonds is 9. The average molecular weight is 506 g/mol. The first kappa shape index (κ1) is 27.0. The van der Waals surface area contributed by atoms with Gasteiger partial charge in [-0.05, 0) is 37.8 Å². The number of benzene rings is 2. The van der Waals surface area contributed by atoms with E-state index in [-0.39, 0.29) is 36.5 Å². The maximum atomic E-state index is 13.9. The predicted molar refractivity (Wildman–Crippen MR) is 143 cm³/mol. The molecule has 1 spiro atoms. The maximum Gasteiger partial charge on any atom is 0.231 e. The summed E-state index contributed by atoms with van der Waals surface area (Å²) in [5.41, 5.74) is 6.50. The molecule has 0 aromatic heterocycles. The normalized spacial score (nSPS) is 22.9. The van der Waals surface area contributed by atoms with Crippen LogP contribution in [0, 0.1) is 11.3 Å². The van der Waals surface area contributed by atoms with E-state index in [1.165, 1.54) is 0 Å². The van der Waals surface area contributed by atoms with Crippen molar-refractivity contribution in [3.63, 3.8) is 0 Å². The van der Waals surface area contributed by atoms with Crippen molar-refractivity contribution in [3.05, 3.63) is 71.8 Å². The number of amides is 2. The molecule has 2 unspecified atom stereocenters. The van der Waals surface area contributed by atoms with Crippen LogP contribution in [0.3, 0.4) is 0 Å². The predicted octanol–water partition coefficient (Wildman–Crippen LogP) is 3.38. The van der Waals surface area contributed by atoms with Crippen molar-refractivity contribution in [2.24, 2.45) is 17.1 Å². The zero-order chi connectivity index (χ0) is 26.6. The lowest BCUT2D eigenvalue weighted by Crippen LogP contribution is -2.53. The minimum Gasteiger partial charge on any atom is -0.376 e. The van der Waals surface area contributed by atoms with E-state index in [0.29, 0.717) is 26.2 Å². The SMILES string of the molecule is CN1CC(c2ccccc2)C2(CCCN(C(=O)[C@@H](COCc3ccccc3)CC(=O)C(C)(C)N)C2)C1=O. The largest absolute Gasteiger partial charge is 0.376 e. The van der Waals surface area contributed by atoms with E-state index in [1.54, 1.807) is 23.6 Å². The Morgan fingerprint density at radius 3 is 2.41 bits per heavy atom. The number of carbonyl (C=O) groups excluding carboxylic acids is 3. The molecule has 3 atom stereocenters. The Morgan fingerprint density at radius 1 is 1.11 bits per heavy atom. The highest BCUT2D eigenvalue weighted by molar-refractivity contribution is 5.92. The number of nitrogens with two attached hydrogens (primary N) is 1.